The summed E-state index contributed by atoms with van der Waals surface area (Å²) in [5.74, 6) is -1.73. The first-order valence-corrected chi connectivity index (χ1v) is 10.4. The van der Waals surface area contributed by atoms with E-state index in [1.54, 1.807) is 0 Å². The van der Waals surface area contributed by atoms with Crippen LogP contribution in [-0.2, 0) is 10.0 Å². The highest BCUT2D eigenvalue weighted by Gasteiger charge is 2.30. The number of carbonyl (C=O) groups is 1. The number of alkyl halides is 3. The first-order chi connectivity index (χ1) is 13.0. The third kappa shape index (κ3) is 4.83. The smallest absolute Gasteiger partial charge is 0.296 e. The largest absolute Gasteiger partial charge is 0.402 e. The quantitative estimate of drug-likeness (QED) is 0.676. The summed E-state index contributed by atoms with van der Waals surface area (Å²) in [5, 5.41) is 11.0. The van der Waals surface area contributed by atoms with Crippen molar-refractivity contribution in [1.29, 1.82) is 0 Å². The fourth-order valence-corrected chi connectivity index (χ4v) is 4.32. The van der Waals surface area contributed by atoms with Gasteiger partial charge in [0, 0.05) is 5.92 Å². The van der Waals surface area contributed by atoms with Crippen molar-refractivity contribution in [1.82, 2.24) is 14.9 Å². The van der Waals surface area contributed by atoms with Crippen LogP contribution in [0, 0.1) is 5.82 Å². The summed E-state index contributed by atoms with van der Waals surface area (Å²) in [6, 6.07) is 2.12. The summed E-state index contributed by atoms with van der Waals surface area (Å²) in [6.07, 6.45) is -1.73. The average molecular weight is 438 g/mol. The molecule has 0 spiro atoms. The molecular weight excluding hydrogens is 424 g/mol. The van der Waals surface area contributed by atoms with Crippen LogP contribution < -0.4 is 10.0 Å². The zero-order chi connectivity index (χ0) is 20.5. The Labute approximate surface area is 161 Å². The monoisotopic (exact) mass is 438 g/mol. The molecule has 0 aliphatic heterocycles. The molecule has 0 atom stereocenters. The fraction of sp³-hybridized carbons (Fsp3) is 0.400. The number of anilines is 1. The summed E-state index contributed by atoms with van der Waals surface area (Å²) in [4.78, 5) is 11.6. The van der Waals surface area contributed by atoms with Crippen molar-refractivity contribution in [2.75, 3.05) is 11.9 Å². The first kappa shape index (κ1) is 20.6. The van der Waals surface area contributed by atoms with Crippen LogP contribution in [0.15, 0.2) is 23.1 Å². The minimum Gasteiger partial charge on any atom is -0.296 e. The maximum absolute atomic E-state index is 14.0. The molecule has 152 valence electrons. The van der Waals surface area contributed by atoms with E-state index in [0.29, 0.717) is 12.1 Å². The van der Waals surface area contributed by atoms with Crippen LogP contribution in [-0.4, -0.2) is 37.2 Å². The lowest BCUT2D eigenvalue weighted by Gasteiger charge is -2.21. The maximum Gasteiger partial charge on any atom is 0.402 e. The number of rotatable bonds is 6. The number of benzene rings is 1. The molecular formula is C15H14F4N4O3S2. The second kappa shape index (κ2) is 7.72. The molecule has 1 heterocycles. The third-order valence-electron chi connectivity index (χ3n) is 4.07. The van der Waals surface area contributed by atoms with Crippen LogP contribution in [0.25, 0.3) is 0 Å². The Morgan fingerprint density at radius 1 is 1.25 bits per heavy atom. The van der Waals surface area contributed by atoms with Crippen LogP contribution in [0.2, 0.25) is 0 Å². The van der Waals surface area contributed by atoms with Gasteiger partial charge in [0.1, 0.15) is 17.4 Å². The van der Waals surface area contributed by atoms with Gasteiger partial charge < -0.3 is 0 Å². The number of carbonyl (C=O) groups excluding carboxylic acids is 1. The molecule has 28 heavy (non-hydrogen) atoms. The van der Waals surface area contributed by atoms with E-state index < -0.39 is 44.9 Å². The van der Waals surface area contributed by atoms with Gasteiger partial charge in [-0.1, -0.05) is 17.8 Å². The van der Waals surface area contributed by atoms with E-state index in [2.05, 4.69) is 15.5 Å². The number of hydrogen-bond acceptors (Lipinski definition) is 6. The Hall–Kier alpha value is -2.12. The van der Waals surface area contributed by atoms with Crippen LogP contribution in [0.5, 0.6) is 0 Å². The van der Waals surface area contributed by atoms with Gasteiger partial charge in [-0.2, -0.15) is 13.2 Å². The van der Waals surface area contributed by atoms with Crippen LogP contribution >= 0.6 is 11.3 Å². The fourth-order valence-electron chi connectivity index (χ4n) is 2.38. The number of amides is 1. The molecule has 0 saturated heterocycles. The van der Waals surface area contributed by atoms with Gasteiger partial charge >= 0.3 is 6.18 Å². The minimum absolute atomic E-state index is 0.120. The van der Waals surface area contributed by atoms with Crippen molar-refractivity contribution in [2.24, 2.45) is 0 Å². The summed E-state index contributed by atoms with van der Waals surface area (Å²) in [7, 11) is -4.58. The topological polar surface area (TPSA) is 101 Å². The van der Waals surface area contributed by atoms with E-state index in [4.69, 9.17) is 0 Å². The van der Waals surface area contributed by atoms with Gasteiger partial charge in [0.25, 0.3) is 5.91 Å². The van der Waals surface area contributed by atoms with Crippen molar-refractivity contribution in [2.45, 2.75) is 36.3 Å². The summed E-state index contributed by atoms with van der Waals surface area (Å²) < 4.78 is 76.0. The van der Waals surface area contributed by atoms with Gasteiger partial charge in [0.2, 0.25) is 15.2 Å². The molecule has 1 aliphatic rings. The molecule has 1 aromatic carbocycles. The molecule has 13 heteroatoms. The van der Waals surface area contributed by atoms with Crippen LogP contribution in [0.4, 0.5) is 22.7 Å². The van der Waals surface area contributed by atoms with Gasteiger partial charge in [-0.25, -0.2) is 17.5 Å². The SMILES string of the molecule is O=C(Nc1nnc(C2CCC2)s1)c1cc(S(=O)(=O)NCC(F)(F)F)ccc1F. The van der Waals surface area contributed by atoms with E-state index in [1.165, 1.54) is 4.72 Å². The Bertz CT molecular complexity index is 987. The number of nitrogens with zero attached hydrogens (tertiary/aromatic N) is 2. The zero-order valence-electron chi connectivity index (χ0n) is 14.1. The third-order valence-corrected chi connectivity index (χ3v) is 6.47. The first-order valence-electron chi connectivity index (χ1n) is 8.06. The van der Waals surface area contributed by atoms with Crippen molar-refractivity contribution in [3.05, 3.63) is 34.6 Å². The van der Waals surface area contributed by atoms with Crippen molar-refractivity contribution >= 4 is 32.4 Å². The molecule has 0 bridgehead atoms. The molecule has 2 aromatic rings. The highest BCUT2D eigenvalue weighted by molar-refractivity contribution is 7.89. The number of halogens is 4. The second-order valence-electron chi connectivity index (χ2n) is 6.11. The zero-order valence-corrected chi connectivity index (χ0v) is 15.7. The van der Waals surface area contributed by atoms with Gasteiger partial charge in [-0.3, -0.25) is 10.1 Å². The molecule has 2 N–H and O–H groups in total. The lowest BCUT2D eigenvalue weighted by atomic mass is 9.86. The van der Waals surface area contributed by atoms with E-state index in [9.17, 15) is 30.8 Å². The molecule has 0 radical (unpaired) electrons. The van der Waals surface area contributed by atoms with Gasteiger partial charge in [0.15, 0.2) is 0 Å². The van der Waals surface area contributed by atoms with Crippen LogP contribution in [0.1, 0.15) is 40.5 Å². The highest BCUT2D eigenvalue weighted by atomic mass is 32.2. The van der Waals surface area contributed by atoms with E-state index >= 15 is 0 Å². The Balaban J connectivity index is 1.76. The van der Waals surface area contributed by atoms with E-state index in [-0.39, 0.29) is 11.0 Å². The van der Waals surface area contributed by atoms with E-state index in [0.717, 1.165) is 41.7 Å². The second-order valence-corrected chi connectivity index (χ2v) is 8.88. The lowest BCUT2D eigenvalue weighted by Crippen LogP contribution is -2.33. The Kier molecular flexibility index (Phi) is 5.68. The Morgan fingerprint density at radius 2 is 1.96 bits per heavy atom. The number of aromatic nitrogens is 2. The molecule has 0 unspecified atom stereocenters. The lowest BCUT2D eigenvalue weighted by molar-refractivity contribution is -0.121. The average Bonchev–Trinajstić information content (AvgIpc) is 2.98. The molecule has 1 amide bonds. The molecule has 1 fully saturated rings. The molecule has 1 saturated carbocycles. The Morgan fingerprint density at radius 3 is 2.57 bits per heavy atom. The van der Waals surface area contributed by atoms with Gasteiger partial charge in [-0.05, 0) is 31.0 Å². The van der Waals surface area contributed by atoms with E-state index in [1.807, 2.05) is 0 Å². The van der Waals surface area contributed by atoms with Crippen LogP contribution in [0.3, 0.4) is 0 Å². The minimum atomic E-state index is -4.76. The maximum atomic E-state index is 14.0. The predicted octanol–water partition coefficient (Wildman–Crippen LogP) is 3.04. The van der Waals surface area contributed by atoms with Crippen molar-refractivity contribution in [3.8, 4) is 0 Å². The molecule has 7 nitrogen and oxygen atoms in total. The predicted molar refractivity (Wildman–Crippen MR) is 92.1 cm³/mol. The molecule has 1 aromatic heterocycles. The number of nitrogens with one attached hydrogen (secondary N) is 2. The standard InChI is InChI=1S/C15H14F4N4O3S2/c16-11-5-4-9(28(25,26)20-7-15(17,18)19)6-10(11)12(24)21-14-23-22-13(27-14)8-2-1-3-8/h4-6,8,20H,1-3,7H2,(H,21,23,24). The van der Waals surface area contributed by atoms with Gasteiger partial charge in [-0.15, -0.1) is 10.2 Å². The molecule has 3 rings (SSSR count). The van der Waals surface area contributed by atoms with Crippen molar-refractivity contribution in [3.63, 3.8) is 0 Å². The summed E-state index contributed by atoms with van der Waals surface area (Å²) in [5.41, 5.74) is -0.643. The summed E-state index contributed by atoms with van der Waals surface area (Å²) in [6.45, 7) is -1.79. The highest BCUT2D eigenvalue weighted by Crippen LogP contribution is 2.38. The van der Waals surface area contributed by atoms with Gasteiger partial charge in [0.05, 0.1) is 10.5 Å². The number of hydrogen-bond donors (Lipinski definition) is 2. The molecule has 1 aliphatic carbocycles. The summed E-state index contributed by atoms with van der Waals surface area (Å²) >= 11 is 1.13. The number of sulfonamides is 1. The van der Waals surface area contributed by atoms with Crippen molar-refractivity contribution < 1.29 is 30.8 Å². The normalized spacial score (nSPS) is 15.3.